The number of benzene rings is 2. The second kappa shape index (κ2) is 6.52. The number of halogens is 3. The van der Waals surface area contributed by atoms with E-state index in [4.69, 9.17) is 11.6 Å². The van der Waals surface area contributed by atoms with Crippen LogP contribution in [0.4, 0.5) is 8.78 Å². The van der Waals surface area contributed by atoms with Crippen molar-refractivity contribution in [2.24, 2.45) is 0 Å². The molecule has 0 aliphatic carbocycles. The van der Waals surface area contributed by atoms with Crippen LogP contribution >= 0.6 is 11.6 Å². The zero-order valence-electron chi connectivity index (χ0n) is 13.5. The lowest BCUT2D eigenvalue weighted by atomic mass is 10.0. The minimum Gasteiger partial charge on any atom is -0.391 e. The molecule has 4 rings (SSSR count). The minimum atomic E-state index is -0.760. The van der Waals surface area contributed by atoms with Crippen molar-refractivity contribution in [2.75, 3.05) is 0 Å². The molecule has 1 N–H and O–H groups in total. The van der Waals surface area contributed by atoms with Crippen molar-refractivity contribution in [2.45, 2.75) is 6.61 Å². The molecule has 26 heavy (non-hydrogen) atoms. The van der Waals surface area contributed by atoms with E-state index in [1.54, 1.807) is 35.0 Å². The summed E-state index contributed by atoms with van der Waals surface area (Å²) in [5, 5.41) is 14.3. The van der Waals surface area contributed by atoms with Crippen LogP contribution in [-0.2, 0) is 6.61 Å². The van der Waals surface area contributed by atoms with Crippen LogP contribution in [0.3, 0.4) is 0 Å². The monoisotopic (exact) mass is 370 g/mol. The molecule has 0 spiro atoms. The first-order valence-corrected chi connectivity index (χ1v) is 8.28. The van der Waals surface area contributed by atoms with Gasteiger partial charge in [0.1, 0.15) is 11.6 Å². The first-order valence-electron chi connectivity index (χ1n) is 7.90. The van der Waals surface area contributed by atoms with Gasteiger partial charge >= 0.3 is 0 Å². The second-order valence-electron chi connectivity index (χ2n) is 5.87. The van der Waals surface area contributed by atoms with Crippen LogP contribution < -0.4 is 0 Å². The molecule has 0 amide bonds. The van der Waals surface area contributed by atoms with Crippen LogP contribution in [0, 0.1) is 11.6 Å². The van der Waals surface area contributed by atoms with Crippen LogP contribution in [0.1, 0.15) is 5.56 Å². The van der Waals surface area contributed by atoms with E-state index >= 15 is 0 Å². The summed E-state index contributed by atoms with van der Waals surface area (Å²) >= 11 is 5.91. The lowest BCUT2D eigenvalue weighted by Crippen LogP contribution is -1.98. The number of hydrogen-bond acceptors (Lipinski definition) is 2. The lowest BCUT2D eigenvalue weighted by molar-refractivity contribution is 0.269. The average Bonchev–Trinajstić information content (AvgIpc) is 3.06. The maximum Gasteiger partial charge on any atom is 0.139 e. The van der Waals surface area contributed by atoms with Crippen molar-refractivity contribution in [3.63, 3.8) is 0 Å². The van der Waals surface area contributed by atoms with Crippen LogP contribution in [0.5, 0.6) is 0 Å². The fraction of sp³-hybridized carbons (Fsp3) is 0.0500. The normalized spacial score (nSPS) is 11.2. The van der Waals surface area contributed by atoms with E-state index in [1.807, 2.05) is 18.2 Å². The van der Waals surface area contributed by atoms with E-state index in [-0.39, 0.29) is 11.1 Å². The smallest absolute Gasteiger partial charge is 0.139 e. The van der Waals surface area contributed by atoms with E-state index in [0.29, 0.717) is 10.6 Å². The number of fused-ring (bicyclic) bond motifs is 1. The summed E-state index contributed by atoms with van der Waals surface area (Å²) in [6.07, 6.45) is 1.71. The molecule has 2 heterocycles. The number of pyridine rings is 1. The third kappa shape index (κ3) is 2.85. The van der Waals surface area contributed by atoms with Gasteiger partial charge < -0.3 is 5.11 Å². The Morgan fingerprint density at radius 2 is 1.73 bits per heavy atom. The van der Waals surface area contributed by atoms with E-state index in [0.717, 1.165) is 22.8 Å². The summed E-state index contributed by atoms with van der Waals surface area (Å²) in [5.41, 5.74) is 2.91. The van der Waals surface area contributed by atoms with E-state index in [9.17, 15) is 13.9 Å². The topological polar surface area (TPSA) is 37.5 Å². The molecule has 2 aromatic carbocycles. The predicted octanol–water partition coefficient (Wildman–Crippen LogP) is 5.09. The molecule has 4 aromatic rings. The Morgan fingerprint density at radius 3 is 2.46 bits per heavy atom. The second-order valence-corrected chi connectivity index (χ2v) is 6.30. The zero-order valence-corrected chi connectivity index (χ0v) is 14.2. The zero-order chi connectivity index (χ0) is 18.3. The van der Waals surface area contributed by atoms with Crippen LogP contribution in [0.2, 0.25) is 5.02 Å². The Bertz CT molecular complexity index is 1110. The number of aromatic nitrogens is 2. The van der Waals surface area contributed by atoms with Crippen LogP contribution in [0.15, 0.2) is 60.8 Å². The van der Waals surface area contributed by atoms with Gasteiger partial charge in [0.25, 0.3) is 0 Å². The van der Waals surface area contributed by atoms with E-state index in [2.05, 4.69) is 5.10 Å². The molecular weight excluding hydrogens is 358 g/mol. The molecule has 0 fully saturated rings. The molecule has 2 aromatic heterocycles. The molecule has 130 valence electrons. The third-order valence-electron chi connectivity index (χ3n) is 4.26. The van der Waals surface area contributed by atoms with Crippen molar-refractivity contribution in [3.05, 3.63) is 83.0 Å². The molecule has 0 saturated heterocycles. The predicted molar refractivity (Wildman–Crippen MR) is 96.9 cm³/mol. The van der Waals surface area contributed by atoms with Crippen molar-refractivity contribution in [1.82, 2.24) is 9.61 Å². The molecule has 0 aliphatic rings. The highest BCUT2D eigenvalue weighted by Crippen LogP contribution is 2.29. The summed E-state index contributed by atoms with van der Waals surface area (Å²) in [6, 6.07) is 15.2. The van der Waals surface area contributed by atoms with Gasteiger partial charge in [-0.15, -0.1) is 0 Å². The van der Waals surface area contributed by atoms with Crippen LogP contribution in [0.25, 0.3) is 27.9 Å². The summed E-state index contributed by atoms with van der Waals surface area (Å²) in [5.74, 6) is -1.52. The Balaban J connectivity index is 1.80. The van der Waals surface area contributed by atoms with E-state index < -0.39 is 18.2 Å². The van der Waals surface area contributed by atoms with Gasteiger partial charge in [-0.25, -0.2) is 13.3 Å². The minimum absolute atomic E-state index is 0.229. The number of aliphatic hydroxyl groups is 1. The fourth-order valence-corrected chi connectivity index (χ4v) is 3.02. The van der Waals surface area contributed by atoms with Crippen molar-refractivity contribution >= 4 is 17.1 Å². The Morgan fingerprint density at radius 1 is 0.962 bits per heavy atom. The summed E-state index contributed by atoms with van der Waals surface area (Å²) in [4.78, 5) is 0. The van der Waals surface area contributed by atoms with Gasteiger partial charge in [-0.05, 0) is 48.0 Å². The van der Waals surface area contributed by atoms with Gasteiger partial charge in [-0.1, -0.05) is 23.7 Å². The fourth-order valence-electron chi connectivity index (χ4n) is 2.89. The maximum absolute atomic E-state index is 14.5. The summed E-state index contributed by atoms with van der Waals surface area (Å²) in [6.45, 7) is -0.693. The number of hydrogen-bond donors (Lipinski definition) is 1. The lowest BCUT2D eigenvalue weighted by Gasteiger charge is -2.08. The maximum atomic E-state index is 14.5. The third-order valence-corrected chi connectivity index (χ3v) is 4.51. The molecule has 6 heteroatoms. The SMILES string of the molecule is OCc1c(F)ccc(-c2ccn3nc(-c4ccc(Cl)cc4)cc3c2)c1F. The molecular formula is C20H13ClF2N2O. The number of aliphatic hydroxyl groups excluding tert-OH is 1. The molecule has 0 aliphatic heterocycles. The van der Waals surface area contributed by atoms with Crippen LogP contribution in [-0.4, -0.2) is 14.7 Å². The standard InChI is InChI=1S/C20H13ClF2N2O/c21-14-3-1-12(2-4-14)19-10-15-9-13(7-8-25(15)24-19)16-5-6-18(22)17(11-26)20(16)23/h1-10,26H,11H2. The Labute approximate surface area is 153 Å². The number of nitrogens with zero attached hydrogens (tertiary/aromatic N) is 2. The quantitative estimate of drug-likeness (QED) is 0.545. The van der Waals surface area contributed by atoms with Crippen molar-refractivity contribution in [1.29, 1.82) is 0 Å². The highest BCUT2D eigenvalue weighted by atomic mass is 35.5. The molecule has 0 atom stereocenters. The molecule has 0 radical (unpaired) electrons. The average molecular weight is 371 g/mol. The summed E-state index contributed by atoms with van der Waals surface area (Å²) in [7, 11) is 0. The first-order chi connectivity index (χ1) is 12.6. The summed E-state index contributed by atoms with van der Waals surface area (Å²) < 4.78 is 29.8. The molecule has 0 unspecified atom stereocenters. The molecule has 3 nitrogen and oxygen atoms in total. The van der Waals surface area contributed by atoms with Crippen molar-refractivity contribution < 1.29 is 13.9 Å². The van der Waals surface area contributed by atoms with Gasteiger partial charge in [-0.2, -0.15) is 5.10 Å². The van der Waals surface area contributed by atoms with Gasteiger partial charge in [0.05, 0.1) is 17.8 Å². The van der Waals surface area contributed by atoms with E-state index in [1.165, 1.54) is 6.07 Å². The number of rotatable bonds is 3. The first kappa shape index (κ1) is 16.7. The van der Waals surface area contributed by atoms with Crippen molar-refractivity contribution in [3.8, 4) is 22.4 Å². The highest BCUT2D eigenvalue weighted by molar-refractivity contribution is 6.30. The van der Waals surface area contributed by atoms with Gasteiger partial charge in [0, 0.05) is 27.9 Å². The van der Waals surface area contributed by atoms with Gasteiger partial charge in [-0.3, -0.25) is 0 Å². The molecule has 0 saturated carbocycles. The Kier molecular flexibility index (Phi) is 4.18. The largest absolute Gasteiger partial charge is 0.391 e. The highest BCUT2D eigenvalue weighted by Gasteiger charge is 2.15. The van der Waals surface area contributed by atoms with Gasteiger partial charge in [0.2, 0.25) is 0 Å². The Hall–Kier alpha value is -2.76. The molecule has 0 bridgehead atoms. The van der Waals surface area contributed by atoms with Gasteiger partial charge in [0.15, 0.2) is 0 Å².